The van der Waals surface area contributed by atoms with Crippen LogP contribution in [0.5, 0.6) is 0 Å². The van der Waals surface area contributed by atoms with Gasteiger partial charge in [0.05, 0.1) is 0 Å². The summed E-state index contributed by atoms with van der Waals surface area (Å²) in [4.78, 5) is 10.5. The fraction of sp³-hybridized carbons (Fsp3) is 0.909. The first kappa shape index (κ1) is 15.1. The average Bonchev–Trinajstić information content (AvgIpc) is 2.05. The molecule has 0 bridgehead atoms. The molecule has 0 rings (SSSR count). The Bertz CT molecular complexity index is 100. The van der Waals surface area contributed by atoms with Crippen LogP contribution in [0.1, 0.15) is 59.3 Å². The maximum Gasteiger partial charge on any atom is 0.129 e. The minimum atomic E-state index is 0.250. The highest BCUT2D eigenvalue weighted by atomic mass is 16.2. The highest BCUT2D eigenvalue weighted by molar-refractivity contribution is 5.75. The van der Waals surface area contributed by atoms with Crippen LogP contribution in [0, 0.1) is 0 Å². The summed E-state index contributed by atoms with van der Waals surface area (Å²) < 4.78 is 0. The molecule has 2 nitrogen and oxygen atoms in total. The zero-order valence-electron chi connectivity index (χ0n) is 9.31. The quantitative estimate of drug-likeness (QED) is 0.651. The van der Waals surface area contributed by atoms with Crippen LogP contribution in [0.25, 0.3) is 0 Å². The highest BCUT2D eigenvalue weighted by Crippen LogP contribution is 2.04. The molecule has 0 aliphatic heterocycles. The minimum Gasteiger partial charge on any atom is -0.397 e. The first-order valence-electron chi connectivity index (χ1n) is 5.29. The normalized spacial score (nSPS) is 8.92. The van der Waals surface area contributed by atoms with E-state index < -0.39 is 0 Å². The van der Waals surface area contributed by atoms with Crippen LogP contribution >= 0.6 is 0 Å². The number of hydrogen-bond donors (Lipinski definition) is 1. The molecule has 0 aromatic carbocycles. The summed E-state index contributed by atoms with van der Waals surface area (Å²) in [5.41, 5.74) is 0. The first-order chi connectivity index (χ1) is 6.18. The van der Waals surface area contributed by atoms with Gasteiger partial charge >= 0.3 is 0 Å². The fourth-order valence-electron chi connectivity index (χ4n) is 0.977. The van der Waals surface area contributed by atoms with Crippen LogP contribution in [0.4, 0.5) is 0 Å². The highest BCUT2D eigenvalue weighted by Gasteiger charge is 1.92. The summed E-state index contributed by atoms with van der Waals surface area (Å²) in [5, 5.41) is 7.57. The van der Waals surface area contributed by atoms with E-state index in [1.165, 1.54) is 25.7 Å². The van der Waals surface area contributed by atoms with Crippen molar-refractivity contribution in [2.45, 2.75) is 59.3 Å². The number of aliphatic hydroxyl groups excluding tert-OH is 1. The Morgan fingerprint density at radius 2 is 1.54 bits per heavy atom. The molecule has 0 amide bonds. The Kier molecular flexibility index (Phi) is 16.5. The monoisotopic (exact) mass is 188 g/mol. The maximum absolute atomic E-state index is 10.5. The number of aliphatic hydroxyl groups is 1. The average molecular weight is 188 g/mol. The van der Waals surface area contributed by atoms with Gasteiger partial charge in [-0.2, -0.15) is 0 Å². The fourth-order valence-corrected chi connectivity index (χ4v) is 0.977. The Hall–Kier alpha value is -0.370. The van der Waals surface area contributed by atoms with E-state index in [4.69, 9.17) is 5.11 Å². The number of carbonyl (C=O) groups excluding carboxylic acids is 1. The molecule has 0 saturated heterocycles. The van der Waals surface area contributed by atoms with Gasteiger partial charge in [0.25, 0.3) is 0 Å². The Morgan fingerprint density at radius 1 is 1.08 bits per heavy atom. The predicted molar refractivity (Wildman–Crippen MR) is 56.8 cm³/mol. The van der Waals surface area contributed by atoms with Crippen molar-refractivity contribution in [1.82, 2.24) is 0 Å². The molecule has 0 spiro atoms. The van der Waals surface area contributed by atoms with Crippen molar-refractivity contribution in [3.05, 3.63) is 0 Å². The van der Waals surface area contributed by atoms with Crippen molar-refractivity contribution < 1.29 is 9.90 Å². The lowest BCUT2D eigenvalue weighted by molar-refractivity contribution is -0.117. The van der Waals surface area contributed by atoms with Crippen LogP contribution in [0.15, 0.2) is 0 Å². The summed E-state index contributed by atoms with van der Waals surface area (Å²) in [5.74, 6) is 0.330. The molecule has 0 aromatic heterocycles. The van der Waals surface area contributed by atoms with Gasteiger partial charge < -0.3 is 9.90 Å². The zero-order chi connectivity index (χ0) is 10.5. The number of unbranched alkanes of at least 4 members (excludes halogenated alkanes) is 4. The molecule has 0 unspecified atom stereocenters. The van der Waals surface area contributed by atoms with Gasteiger partial charge in [0.2, 0.25) is 0 Å². The van der Waals surface area contributed by atoms with Crippen molar-refractivity contribution in [3.63, 3.8) is 0 Å². The van der Waals surface area contributed by atoms with Gasteiger partial charge in [0.1, 0.15) is 5.78 Å². The van der Waals surface area contributed by atoms with E-state index in [2.05, 4.69) is 6.92 Å². The van der Waals surface area contributed by atoms with Gasteiger partial charge in [-0.15, -0.1) is 0 Å². The van der Waals surface area contributed by atoms with Crippen LogP contribution in [0.2, 0.25) is 0 Å². The second kappa shape index (κ2) is 14.2. The molecule has 0 aromatic rings. The minimum absolute atomic E-state index is 0.250. The lowest BCUT2D eigenvalue weighted by Gasteiger charge is -1.95. The van der Waals surface area contributed by atoms with Gasteiger partial charge in [0.15, 0.2) is 0 Å². The Balaban J connectivity index is 0. The topological polar surface area (TPSA) is 37.3 Å². The summed E-state index contributed by atoms with van der Waals surface area (Å²) in [6.07, 6.45) is 6.99. The maximum atomic E-state index is 10.5. The molecule has 0 fully saturated rings. The van der Waals surface area contributed by atoms with Crippen LogP contribution in [-0.2, 0) is 4.79 Å². The molecular formula is C11H24O2. The second-order valence-electron chi connectivity index (χ2n) is 3.18. The Morgan fingerprint density at radius 3 is 1.92 bits per heavy atom. The number of ketones is 1. The van der Waals surface area contributed by atoms with Gasteiger partial charge in [-0.3, -0.25) is 0 Å². The third kappa shape index (κ3) is 24.5. The van der Waals surface area contributed by atoms with Crippen molar-refractivity contribution in [3.8, 4) is 0 Å². The van der Waals surface area contributed by atoms with Gasteiger partial charge in [0, 0.05) is 13.0 Å². The number of carbonyl (C=O) groups is 1. The van der Waals surface area contributed by atoms with E-state index in [9.17, 15) is 4.79 Å². The van der Waals surface area contributed by atoms with Crippen LogP contribution in [-0.4, -0.2) is 17.5 Å². The first-order valence-corrected chi connectivity index (χ1v) is 5.29. The van der Waals surface area contributed by atoms with E-state index in [1.807, 2.05) is 0 Å². The number of Topliss-reactive ketones (excluding diaryl/α,β-unsaturated/α-hetero) is 1. The molecule has 0 aliphatic carbocycles. The summed E-state index contributed by atoms with van der Waals surface area (Å²) in [6, 6.07) is 0. The van der Waals surface area contributed by atoms with Gasteiger partial charge in [-0.1, -0.05) is 32.6 Å². The van der Waals surface area contributed by atoms with Crippen molar-refractivity contribution in [2.75, 3.05) is 6.61 Å². The standard InChI is InChI=1S/C9H18O.C2H6O/c1-3-4-5-6-7-8-9(2)10;1-2-3/h3-8H2,1-2H3;3H,2H2,1H3. The predicted octanol–water partition coefficient (Wildman–Crippen LogP) is 2.93. The molecule has 0 radical (unpaired) electrons. The smallest absolute Gasteiger partial charge is 0.129 e. The molecule has 1 N–H and O–H groups in total. The SMILES string of the molecule is CCCCCCCC(C)=O.CCO. The molecule has 2 heteroatoms. The molecule has 13 heavy (non-hydrogen) atoms. The van der Waals surface area contributed by atoms with Crippen LogP contribution in [0.3, 0.4) is 0 Å². The third-order valence-corrected chi connectivity index (χ3v) is 1.63. The number of rotatable bonds is 6. The Labute approximate surface area is 82.4 Å². The molecule has 0 atom stereocenters. The molecule has 0 heterocycles. The molecule has 0 aliphatic rings. The van der Waals surface area contributed by atoms with E-state index in [-0.39, 0.29) is 6.61 Å². The van der Waals surface area contributed by atoms with E-state index in [0.29, 0.717) is 5.78 Å². The largest absolute Gasteiger partial charge is 0.397 e. The molecule has 0 saturated carbocycles. The lowest BCUT2D eigenvalue weighted by Crippen LogP contribution is -1.88. The third-order valence-electron chi connectivity index (χ3n) is 1.63. The molecule has 80 valence electrons. The van der Waals surface area contributed by atoms with Gasteiger partial charge in [-0.25, -0.2) is 0 Å². The zero-order valence-corrected chi connectivity index (χ0v) is 9.31. The summed E-state index contributed by atoms with van der Waals surface area (Å²) in [7, 11) is 0. The molecular weight excluding hydrogens is 164 g/mol. The van der Waals surface area contributed by atoms with Crippen molar-refractivity contribution in [2.24, 2.45) is 0 Å². The number of hydrogen-bond acceptors (Lipinski definition) is 2. The lowest BCUT2D eigenvalue weighted by atomic mass is 10.1. The summed E-state index contributed by atoms with van der Waals surface area (Å²) in [6.45, 7) is 5.80. The van der Waals surface area contributed by atoms with Gasteiger partial charge in [-0.05, 0) is 20.3 Å². The second-order valence-corrected chi connectivity index (χ2v) is 3.18. The van der Waals surface area contributed by atoms with E-state index in [1.54, 1.807) is 13.8 Å². The van der Waals surface area contributed by atoms with E-state index >= 15 is 0 Å². The summed E-state index contributed by atoms with van der Waals surface area (Å²) >= 11 is 0. The van der Waals surface area contributed by atoms with Crippen LogP contribution < -0.4 is 0 Å². The van der Waals surface area contributed by atoms with Crippen molar-refractivity contribution in [1.29, 1.82) is 0 Å². The van der Waals surface area contributed by atoms with E-state index in [0.717, 1.165) is 12.8 Å². The van der Waals surface area contributed by atoms with Crippen molar-refractivity contribution >= 4 is 5.78 Å².